The number of fused-ring (bicyclic) bond motifs is 4. The molecule has 7 atom stereocenters. The number of carbonyl (C=O) groups is 3. The quantitative estimate of drug-likeness (QED) is 0.143. The molecule has 19 heteroatoms. The average molecular weight is 1080 g/mol. The summed E-state index contributed by atoms with van der Waals surface area (Å²) in [5.41, 5.74) is 10.4. The number of likely N-dealkylation sites (tertiary alicyclic amines) is 1. The zero-order valence-electron chi connectivity index (χ0n) is 46.3. The maximum atomic E-state index is 15.3. The molecule has 77 heavy (non-hydrogen) atoms. The Bertz CT molecular complexity index is 2850. The molecule has 3 aromatic heterocycles. The minimum atomic E-state index is -1.05. The lowest BCUT2D eigenvalue weighted by atomic mass is 9.73. The van der Waals surface area contributed by atoms with Crippen molar-refractivity contribution in [2.45, 2.75) is 153 Å². The van der Waals surface area contributed by atoms with Crippen molar-refractivity contribution in [2.75, 3.05) is 84.8 Å². The number of aromatic nitrogens is 3. The number of pyridine rings is 1. The highest BCUT2D eigenvalue weighted by Gasteiger charge is 2.54. The molecule has 0 unspecified atom stereocenters. The molecule has 4 aromatic rings. The summed E-state index contributed by atoms with van der Waals surface area (Å²) in [5, 5.41) is 8.62. The lowest BCUT2D eigenvalue weighted by Crippen LogP contribution is -2.73. The normalized spacial score (nSPS) is 30.2. The number of esters is 1. The molecule has 6 saturated heterocycles. The number of benzene rings is 1. The van der Waals surface area contributed by atoms with Gasteiger partial charge < -0.3 is 43.2 Å². The third-order valence-corrected chi connectivity index (χ3v) is 18.9. The first-order valence-electron chi connectivity index (χ1n) is 28.4. The summed E-state index contributed by atoms with van der Waals surface area (Å²) in [5.74, 6) is -1.03. The van der Waals surface area contributed by atoms with Crippen LogP contribution in [0.4, 0.5) is 5.69 Å². The molecular weight excluding hydrogens is 999 g/mol. The van der Waals surface area contributed by atoms with E-state index < -0.39 is 35.6 Å². The molecule has 2 aliphatic carbocycles. The van der Waals surface area contributed by atoms with Crippen LogP contribution >= 0.6 is 11.3 Å². The Balaban J connectivity index is 1.01. The molecule has 2 saturated carbocycles. The van der Waals surface area contributed by atoms with Crippen molar-refractivity contribution < 1.29 is 42.8 Å². The Morgan fingerprint density at radius 1 is 1.00 bits per heavy atom. The second-order valence-electron chi connectivity index (χ2n) is 24.8. The van der Waals surface area contributed by atoms with Crippen LogP contribution in [0.25, 0.3) is 33.4 Å². The Morgan fingerprint density at radius 3 is 2.49 bits per heavy atom. The molecule has 8 bridgehead atoms. The van der Waals surface area contributed by atoms with E-state index in [0.29, 0.717) is 63.7 Å². The molecule has 416 valence electrons. The van der Waals surface area contributed by atoms with Crippen LogP contribution < -0.4 is 15.6 Å². The monoisotopic (exact) mass is 1080 g/mol. The molecule has 18 nitrogen and oxygen atoms in total. The summed E-state index contributed by atoms with van der Waals surface area (Å²) < 4.78 is 39.5. The van der Waals surface area contributed by atoms with Crippen LogP contribution in [0.2, 0.25) is 0 Å². The fourth-order valence-electron chi connectivity index (χ4n) is 13.1. The van der Waals surface area contributed by atoms with Crippen molar-refractivity contribution in [1.82, 2.24) is 40.1 Å². The van der Waals surface area contributed by atoms with Crippen LogP contribution in [0.15, 0.2) is 35.8 Å². The lowest BCUT2D eigenvalue weighted by molar-refractivity contribution is -0.174. The van der Waals surface area contributed by atoms with Crippen molar-refractivity contribution in [3.8, 4) is 22.5 Å². The Kier molecular flexibility index (Phi) is 14.6. The summed E-state index contributed by atoms with van der Waals surface area (Å²) in [7, 11) is 3.44. The highest BCUT2D eigenvalue weighted by Crippen LogP contribution is 2.46. The van der Waals surface area contributed by atoms with Crippen LogP contribution in [-0.2, 0) is 55.8 Å². The fourth-order valence-corrected chi connectivity index (χ4v) is 14.1. The number of amides is 2. The van der Waals surface area contributed by atoms with Crippen LogP contribution in [0.5, 0.6) is 0 Å². The van der Waals surface area contributed by atoms with E-state index in [2.05, 4.69) is 94.3 Å². The van der Waals surface area contributed by atoms with Gasteiger partial charge in [0.25, 0.3) is 5.91 Å². The fraction of sp³-hybridized carbons (Fsp3) is 0.672. The van der Waals surface area contributed by atoms with Gasteiger partial charge in [-0.3, -0.25) is 34.2 Å². The first-order chi connectivity index (χ1) is 37.0. The molecule has 9 aliphatic rings. The molecular formula is C58H79N9O9S. The van der Waals surface area contributed by atoms with Gasteiger partial charge in [-0.25, -0.2) is 10.4 Å². The first kappa shape index (κ1) is 53.1. The van der Waals surface area contributed by atoms with E-state index in [1.54, 1.807) is 19.2 Å². The first-order valence-corrected chi connectivity index (χ1v) is 29.3. The lowest BCUT2D eigenvalue weighted by Gasteiger charge is -2.54. The molecule has 2 amide bonds. The average Bonchev–Trinajstić information content (AvgIpc) is 4.10. The number of nitrogens with one attached hydrogen (secondary N) is 2. The smallest absolute Gasteiger partial charge is 0.325 e. The number of rotatable bonds is 13. The summed E-state index contributed by atoms with van der Waals surface area (Å²) in [6.07, 6.45) is 7.16. The topological polar surface area (TPSA) is 174 Å². The van der Waals surface area contributed by atoms with Crippen molar-refractivity contribution >= 4 is 45.7 Å². The minimum absolute atomic E-state index is 0.00469. The number of cyclic esters (lactones) is 1. The number of thiazole rings is 1. The molecule has 13 rings (SSSR count). The van der Waals surface area contributed by atoms with Crippen LogP contribution in [0, 0.1) is 17.3 Å². The predicted octanol–water partition coefficient (Wildman–Crippen LogP) is 6.30. The summed E-state index contributed by atoms with van der Waals surface area (Å²) in [6, 6.07) is 7.11. The maximum absolute atomic E-state index is 15.3. The zero-order chi connectivity index (χ0) is 53.5. The number of methoxy groups -OCH3 is 2. The van der Waals surface area contributed by atoms with E-state index in [-0.39, 0.29) is 60.2 Å². The Hall–Kier alpha value is -4.57. The summed E-state index contributed by atoms with van der Waals surface area (Å²) >= 11 is 1.49. The van der Waals surface area contributed by atoms with E-state index in [4.69, 9.17) is 38.4 Å². The van der Waals surface area contributed by atoms with E-state index in [1.807, 2.05) is 13.1 Å². The number of anilines is 1. The van der Waals surface area contributed by atoms with Crippen molar-refractivity contribution in [3.05, 3.63) is 52.1 Å². The Morgan fingerprint density at radius 2 is 1.79 bits per heavy atom. The van der Waals surface area contributed by atoms with E-state index in [1.165, 1.54) is 24.2 Å². The van der Waals surface area contributed by atoms with Gasteiger partial charge in [-0.1, -0.05) is 26.8 Å². The van der Waals surface area contributed by atoms with Gasteiger partial charge in [0.2, 0.25) is 5.91 Å². The largest absolute Gasteiger partial charge is 0.464 e. The zero-order valence-corrected chi connectivity index (χ0v) is 47.1. The number of hydrogen-bond acceptors (Lipinski definition) is 16. The number of carbonyl (C=O) groups excluding carboxylic acids is 3. The Labute approximate surface area is 456 Å². The van der Waals surface area contributed by atoms with Gasteiger partial charge >= 0.3 is 5.97 Å². The second-order valence-corrected chi connectivity index (χ2v) is 25.6. The van der Waals surface area contributed by atoms with E-state index >= 15 is 4.79 Å². The van der Waals surface area contributed by atoms with Gasteiger partial charge in [0, 0.05) is 124 Å². The summed E-state index contributed by atoms with van der Waals surface area (Å²) in [4.78, 5) is 62.1. The highest BCUT2D eigenvalue weighted by molar-refractivity contribution is 7.10. The van der Waals surface area contributed by atoms with Gasteiger partial charge in [-0.15, -0.1) is 11.3 Å². The third kappa shape index (κ3) is 10.5. The number of hydrogen-bond donors (Lipinski definition) is 2. The number of hydrazine groups is 1. The SMILES string of the molecule is COC1CN([C@@H]2c3nc(cs3)-c3ccc4c(c3)c(c(-c3cc(N5CCN(C6CC6)CC5)cnc3[C@H](C)OC)n4CCO[C@H]3CCOC(C)(C)C3)CC(C)(C)COC(=O)[C@H]3NN(C(=O)[C@H]2NC(=O)[C@@H]2OC[C@@H]2C)C2CC3C2)C1. The van der Waals surface area contributed by atoms with Gasteiger partial charge in [0.05, 0.1) is 78.7 Å². The number of nitrogens with zero attached hydrogens (tertiary/aromatic N) is 7. The van der Waals surface area contributed by atoms with E-state index in [0.717, 1.165) is 95.4 Å². The van der Waals surface area contributed by atoms with E-state index in [9.17, 15) is 9.59 Å². The molecule has 10 heterocycles. The predicted molar refractivity (Wildman–Crippen MR) is 292 cm³/mol. The highest BCUT2D eigenvalue weighted by atomic mass is 32.1. The molecule has 0 spiro atoms. The minimum Gasteiger partial charge on any atom is -0.464 e. The van der Waals surface area contributed by atoms with Gasteiger partial charge in [-0.2, -0.15) is 0 Å². The standard InChI is InChI=1S/C58H79N9O9S/c1-33-30-74-52(33)53(68)61-49-51(65-28-41(29-65)72-8)54-60-45(31-77-54)35-9-12-46-42(23-35)44(26-57(3,4)32-75-56(70)48-36-21-38(22-36)67(62-48)55(49)69)50(66(46)18-20-73-40-13-19-76-58(5,6)25-40)43-24-39(27-59-47(43)34(2)71-7)64-16-14-63(15-17-64)37-10-11-37/h9,12,23-24,27,31,33-34,36-38,40-41,48-49,51-52,62H,10-11,13-22,25-26,28-30,32H2,1-8H3,(H,61,68)/t33-,34-,36?,38?,40-,48-,49-,51-,52+/m0/s1. The van der Waals surface area contributed by atoms with Crippen LogP contribution in [0.1, 0.15) is 108 Å². The molecule has 7 aliphatic heterocycles. The molecule has 8 fully saturated rings. The number of ether oxygens (including phenoxy) is 6. The van der Waals surface area contributed by atoms with Crippen molar-refractivity contribution in [3.63, 3.8) is 0 Å². The second kappa shape index (κ2) is 21.2. The molecule has 2 N–H and O–H groups in total. The number of piperazine rings is 1. The summed E-state index contributed by atoms with van der Waals surface area (Å²) in [6.45, 7) is 20.0. The van der Waals surface area contributed by atoms with Crippen molar-refractivity contribution in [1.29, 1.82) is 0 Å². The van der Waals surface area contributed by atoms with Crippen molar-refractivity contribution in [2.24, 2.45) is 17.3 Å². The third-order valence-electron chi connectivity index (χ3n) is 18.0. The molecule has 1 aromatic carbocycles. The van der Waals surface area contributed by atoms with Gasteiger partial charge in [0.1, 0.15) is 23.2 Å². The van der Waals surface area contributed by atoms with Gasteiger partial charge in [0.15, 0.2) is 0 Å². The molecule has 0 radical (unpaired) electrons. The maximum Gasteiger partial charge on any atom is 0.325 e. The van der Waals surface area contributed by atoms with Crippen LogP contribution in [0.3, 0.4) is 0 Å². The van der Waals surface area contributed by atoms with Gasteiger partial charge in [-0.05, 0) is 89.0 Å². The van der Waals surface area contributed by atoms with Crippen LogP contribution in [-0.4, -0.2) is 175 Å².